The highest BCUT2D eigenvalue weighted by atomic mass is 15.3. The quantitative estimate of drug-likeness (QED) is 0.646. The SMILES string of the molecule is CC(C)(C)n1cc2cc(N)ccc2n1. The molecule has 2 rings (SSSR count). The van der Waals surface area contributed by atoms with Crippen LogP contribution in [-0.2, 0) is 5.54 Å². The third kappa shape index (κ3) is 1.45. The summed E-state index contributed by atoms with van der Waals surface area (Å²) in [6, 6.07) is 5.78. The second-order valence-electron chi connectivity index (χ2n) is 4.56. The summed E-state index contributed by atoms with van der Waals surface area (Å²) >= 11 is 0. The molecule has 0 saturated carbocycles. The van der Waals surface area contributed by atoms with Crippen LogP contribution in [0.1, 0.15) is 20.8 Å². The van der Waals surface area contributed by atoms with Crippen molar-refractivity contribution in [1.82, 2.24) is 9.78 Å². The summed E-state index contributed by atoms with van der Waals surface area (Å²) in [7, 11) is 0. The van der Waals surface area contributed by atoms with Gasteiger partial charge in [0.1, 0.15) is 0 Å². The van der Waals surface area contributed by atoms with E-state index in [-0.39, 0.29) is 5.54 Å². The molecular formula is C11H15N3. The van der Waals surface area contributed by atoms with Crippen molar-refractivity contribution >= 4 is 16.6 Å². The van der Waals surface area contributed by atoms with Crippen LogP contribution in [0.25, 0.3) is 10.9 Å². The zero-order valence-electron chi connectivity index (χ0n) is 8.78. The Morgan fingerprint density at radius 3 is 2.64 bits per heavy atom. The number of rotatable bonds is 0. The molecule has 0 aliphatic carbocycles. The highest BCUT2D eigenvalue weighted by Crippen LogP contribution is 2.20. The third-order valence-electron chi connectivity index (χ3n) is 2.22. The molecule has 0 bridgehead atoms. The van der Waals surface area contributed by atoms with Crippen molar-refractivity contribution in [3.8, 4) is 0 Å². The van der Waals surface area contributed by atoms with Crippen LogP contribution in [0.4, 0.5) is 5.69 Å². The molecule has 1 aromatic heterocycles. The van der Waals surface area contributed by atoms with Crippen molar-refractivity contribution in [2.24, 2.45) is 0 Å². The maximum absolute atomic E-state index is 5.71. The zero-order chi connectivity index (χ0) is 10.3. The van der Waals surface area contributed by atoms with Crippen molar-refractivity contribution in [2.75, 3.05) is 5.73 Å². The van der Waals surface area contributed by atoms with Gasteiger partial charge in [0.25, 0.3) is 0 Å². The summed E-state index contributed by atoms with van der Waals surface area (Å²) in [5.74, 6) is 0. The summed E-state index contributed by atoms with van der Waals surface area (Å²) in [6.07, 6.45) is 2.03. The lowest BCUT2D eigenvalue weighted by molar-refractivity contribution is 0.358. The lowest BCUT2D eigenvalue weighted by atomic mass is 10.1. The van der Waals surface area contributed by atoms with Crippen molar-refractivity contribution in [3.63, 3.8) is 0 Å². The predicted octanol–water partition coefficient (Wildman–Crippen LogP) is 2.37. The van der Waals surface area contributed by atoms with Crippen LogP contribution in [0.2, 0.25) is 0 Å². The van der Waals surface area contributed by atoms with Crippen LogP contribution in [0.15, 0.2) is 24.4 Å². The van der Waals surface area contributed by atoms with Crippen LogP contribution in [0.5, 0.6) is 0 Å². The van der Waals surface area contributed by atoms with E-state index < -0.39 is 0 Å². The van der Waals surface area contributed by atoms with E-state index >= 15 is 0 Å². The first-order chi connectivity index (χ1) is 6.47. The lowest BCUT2D eigenvalue weighted by Crippen LogP contribution is -2.21. The Hall–Kier alpha value is -1.51. The van der Waals surface area contributed by atoms with Crippen molar-refractivity contribution in [3.05, 3.63) is 24.4 Å². The number of aromatic nitrogens is 2. The molecule has 0 amide bonds. The fourth-order valence-corrected chi connectivity index (χ4v) is 1.39. The number of nitrogen functional groups attached to an aromatic ring is 1. The van der Waals surface area contributed by atoms with E-state index in [0.29, 0.717) is 0 Å². The largest absolute Gasteiger partial charge is 0.399 e. The van der Waals surface area contributed by atoms with Gasteiger partial charge in [-0.15, -0.1) is 0 Å². The third-order valence-corrected chi connectivity index (χ3v) is 2.22. The first-order valence-electron chi connectivity index (χ1n) is 4.72. The highest BCUT2D eigenvalue weighted by Gasteiger charge is 2.14. The van der Waals surface area contributed by atoms with E-state index in [4.69, 9.17) is 5.73 Å². The average Bonchev–Trinajstić information content (AvgIpc) is 2.45. The van der Waals surface area contributed by atoms with Gasteiger partial charge in [0.2, 0.25) is 0 Å². The van der Waals surface area contributed by atoms with Crippen molar-refractivity contribution < 1.29 is 0 Å². The molecule has 0 aliphatic rings. The monoisotopic (exact) mass is 189 g/mol. The normalized spacial score (nSPS) is 12.2. The molecule has 0 atom stereocenters. The van der Waals surface area contributed by atoms with Gasteiger partial charge in [0.05, 0.1) is 11.1 Å². The number of anilines is 1. The fraction of sp³-hybridized carbons (Fsp3) is 0.364. The predicted molar refractivity (Wildman–Crippen MR) is 59.1 cm³/mol. The minimum absolute atomic E-state index is 0.0216. The Balaban J connectivity index is 2.63. The Morgan fingerprint density at radius 2 is 2.00 bits per heavy atom. The molecule has 1 aromatic carbocycles. The molecule has 0 aliphatic heterocycles. The molecule has 0 unspecified atom stereocenters. The Kier molecular flexibility index (Phi) is 1.77. The van der Waals surface area contributed by atoms with Crippen LogP contribution < -0.4 is 5.73 Å². The standard InChI is InChI=1S/C11H15N3/c1-11(2,3)14-7-8-6-9(12)4-5-10(8)13-14/h4-7H,12H2,1-3H3. The second-order valence-corrected chi connectivity index (χ2v) is 4.56. The van der Waals surface area contributed by atoms with Crippen LogP contribution in [0.3, 0.4) is 0 Å². The van der Waals surface area contributed by atoms with E-state index in [9.17, 15) is 0 Å². The van der Waals surface area contributed by atoms with Gasteiger partial charge < -0.3 is 5.73 Å². The minimum Gasteiger partial charge on any atom is -0.399 e. The van der Waals surface area contributed by atoms with Crippen LogP contribution in [-0.4, -0.2) is 9.78 Å². The van der Waals surface area contributed by atoms with Gasteiger partial charge in [0, 0.05) is 17.3 Å². The van der Waals surface area contributed by atoms with Gasteiger partial charge in [-0.05, 0) is 39.0 Å². The maximum Gasteiger partial charge on any atom is 0.0925 e. The second kappa shape index (κ2) is 2.74. The van der Waals surface area contributed by atoms with Gasteiger partial charge in [-0.2, -0.15) is 5.10 Å². The summed E-state index contributed by atoms with van der Waals surface area (Å²) in [6.45, 7) is 6.38. The number of nitrogens with zero attached hydrogens (tertiary/aromatic N) is 2. The molecule has 0 radical (unpaired) electrons. The summed E-state index contributed by atoms with van der Waals surface area (Å²) < 4.78 is 1.97. The number of fused-ring (bicyclic) bond motifs is 1. The van der Waals surface area contributed by atoms with E-state index in [1.807, 2.05) is 29.1 Å². The van der Waals surface area contributed by atoms with Gasteiger partial charge >= 0.3 is 0 Å². The van der Waals surface area contributed by atoms with Crippen LogP contribution >= 0.6 is 0 Å². The number of nitrogens with two attached hydrogens (primary N) is 1. The smallest absolute Gasteiger partial charge is 0.0925 e. The van der Waals surface area contributed by atoms with Gasteiger partial charge in [-0.3, -0.25) is 4.68 Å². The molecule has 1 heterocycles. The lowest BCUT2D eigenvalue weighted by Gasteiger charge is -2.18. The maximum atomic E-state index is 5.71. The molecule has 2 N–H and O–H groups in total. The van der Waals surface area contributed by atoms with E-state index in [2.05, 4.69) is 25.9 Å². The number of hydrogen-bond donors (Lipinski definition) is 1. The molecule has 0 saturated heterocycles. The summed E-state index contributed by atoms with van der Waals surface area (Å²) in [5, 5.41) is 5.58. The Morgan fingerprint density at radius 1 is 1.29 bits per heavy atom. The molecule has 3 heteroatoms. The molecule has 2 aromatic rings. The summed E-state index contributed by atoms with van der Waals surface area (Å²) in [5.41, 5.74) is 7.50. The number of hydrogen-bond acceptors (Lipinski definition) is 2. The van der Waals surface area contributed by atoms with Crippen LogP contribution in [0, 0.1) is 0 Å². The van der Waals surface area contributed by atoms with E-state index in [1.54, 1.807) is 0 Å². The molecule has 74 valence electrons. The van der Waals surface area contributed by atoms with Gasteiger partial charge in [0.15, 0.2) is 0 Å². The molecule has 14 heavy (non-hydrogen) atoms. The zero-order valence-corrected chi connectivity index (χ0v) is 8.78. The fourth-order valence-electron chi connectivity index (χ4n) is 1.39. The Bertz CT molecular complexity index is 463. The van der Waals surface area contributed by atoms with E-state index in [0.717, 1.165) is 16.6 Å². The molecule has 3 nitrogen and oxygen atoms in total. The molecule has 0 spiro atoms. The number of benzene rings is 1. The Labute approximate surface area is 83.5 Å². The minimum atomic E-state index is 0.0216. The molecule has 0 fully saturated rings. The van der Waals surface area contributed by atoms with Crippen molar-refractivity contribution in [1.29, 1.82) is 0 Å². The molecular weight excluding hydrogens is 174 g/mol. The van der Waals surface area contributed by atoms with Gasteiger partial charge in [-0.1, -0.05) is 0 Å². The first kappa shape index (κ1) is 9.06. The topological polar surface area (TPSA) is 43.8 Å². The average molecular weight is 189 g/mol. The highest BCUT2D eigenvalue weighted by molar-refractivity contribution is 5.81. The van der Waals surface area contributed by atoms with Gasteiger partial charge in [-0.25, -0.2) is 0 Å². The van der Waals surface area contributed by atoms with Crippen molar-refractivity contribution in [2.45, 2.75) is 26.3 Å². The van der Waals surface area contributed by atoms with E-state index in [1.165, 1.54) is 0 Å². The first-order valence-corrected chi connectivity index (χ1v) is 4.72. The summed E-state index contributed by atoms with van der Waals surface area (Å²) in [4.78, 5) is 0.